The number of rotatable bonds is 13. The second-order valence-corrected chi connectivity index (χ2v) is 8.24. The van der Waals surface area contributed by atoms with Crippen LogP contribution in [0.4, 0.5) is 11.4 Å². The molecule has 0 atom stereocenters. The molecule has 0 aliphatic rings. The largest absolute Gasteiger partial charge is 0.494 e. The highest BCUT2D eigenvalue weighted by molar-refractivity contribution is 5.84. The third-order valence-electron chi connectivity index (χ3n) is 5.63. The highest BCUT2D eigenvalue weighted by atomic mass is 16.6. The van der Waals surface area contributed by atoms with Crippen molar-refractivity contribution in [3.8, 4) is 5.88 Å². The molecule has 180 valence electrons. The normalized spacial score (nSPS) is 11.4. The monoisotopic (exact) mass is 458 g/mol. The number of aromatic hydroxyl groups is 1. The van der Waals surface area contributed by atoms with Gasteiger partial charge in [0.05, 0.1) is 10.6 Å². The zero-order chi connectivity index (χ0) is 24.4. The van der Waals surface area contributed by atoms with Gasteiger partial charge in [0.15, 0.2) is 0 Å². The molecular formula is C24H34N4O5. The van der Waals surface area contributed by atoms with Crippen LogP contribution in [0.2, 0.25) is 0 Å². The molecule has 0 bridgehead atoms. The molecule has 0 saturated carbocycles. The minimum Gasteiger partial charge on any atom is -0.494 e. The molecule has 9 nitrogen and oxygen atoms in total. The Morgan fingerprint density at radius 3 is 2.27 bits per heavy atom. The van der Waals surface area contributed by atoms with Gasteiger partial charge in [-0.3, -0.25) is 29.0 Å². The lowest BCUT2D eigenvalue weighted by molar-refractivity contribution is -0.384. The van der Waals surface area contributed by atoms with Crippen LogP contribution in [0.15, 0.2) is 32.8 Å². The fourth-order valence-corrected chi connectivity index (χ4v) is 3.62. The van der Waals surface area contributed by atoms with E-state index >= 15 is 0 Å². The van der Waals surface area contributed by atoms with E-state index in [2.05, 4.69) is 11.9 Å². The van der Waals surface area contributed by atoms with Crippen LogP contribution < -0.4 is 11.2 Å². The van der Waals surface area contributed by atoms with Gasteiger partial charge in [0.2, 0.25) is 5.88 Å². The topological polar surface area (TPSA) is 120 Å². The lowest BCUT2D eigenvalue weighted by atomic mass is 10.1. The molecule has 1 heterocycles. The second kappa shape index (κ2) is 12.7. The predicted molar refractivity (Wildman–Crippen MR) is 130 cm³/mol. The number of hydrogen-bond donors (Lipinski definition) is 1. The van der Waals surface area contributed by atoms with Crippen LogP contribution in [0.3, 0.4) is 0 Å². The van der Waals surface area contributed by atoms with E-state index in [4.69, 9.17) is 0 Å². The van der Waals surface area contributed by atoms with Crippen molar-refractivity contribution in [1.82, 2.24) is 9.13 Å². The number of benzene rings is 1. The van der Waals surface area contributed by atoms with Crippen molar-refractivity contribution in [2.45, 2.75) is 85.2 Å². The maximum Gasteiger partial charge on any atom is 0.333 e. The molecule has 0 aliphatic heterocycles. The Hall–Kier alpha value is -3.23. The van der Waals surface area contributed by atoms with E-state index in [1.807, 2.05) is 6.92 Å². The summed E-state index contributed by atoms with van der Waals surface area (Å²) in [6.07, 6.45) is 8.91. The summed E-state index contributed by atoms with van der Waals surface area (Å²) in [5.41, 5.74) is -0.213. The van der Waals surface area contributed by atoms with Gasteiger partial charge in [0, 0.05) is 31.4 Å². The Bertz CT molecular complexity index is 1100. The van der Waals surface area contributed by atoms with Crippen LogP contribution >= 0.6 is 0 Å². The lowest BCUT2D eigenvalue weighted by Crippen LogP contribution is -2.41. The van der Waals surface area contributed by atoms with Crippen molar-refractivity contribution in [3.05, 3.63) is 60.3 Å². The minimum atomic E-state index is -0.589. The van der Waals surface area contributed by atoms with Gasteiger partial charge in [-0.2, -0.15) is 0 Å². The molecule has 9 heteroatoms. The number of unbranched alkanes of at least 4 members (excludes halogenated alkanes) is 6. The number of aromatic nitrogens is 2. The lowest BCUT2D eigenvalue weighted by Gasteiger charge is -2.14. The number of nitrogens with zero attached hydrogens (tertiary/aromatic N) is 4. The number of hydrogen-bond acceptors (Lipinski definition) is 6. The molecule has 0 fully saturated rings. The van der Waals surface area contributed by atoms with Crippen LogP contribution in [-0.4, -0.2) is 25.4 Å². The summed E-state index contributed by atoms with van der Waals surface area (Å²) >= 11 is 0. The van der Waals surface area contributed by atoms with Crippen LogP contribution in [0.1, 0.15) is 76.3 Å². The second-order valence-electron chi connectivity index (χ2n) is 8.24. The van der Waals surface area contributed by atoms with Crippen molar-refractivity contribution < 1.29 is 10.0 Å². The molecule has 0 saturated heterocycles. The van der Waals surface area contributed by atoms with Gasteiger partial charge in [-0.25, -0.2) is 4.79 Å². The molecule has 0 unspecified atom stereocenters. The number of non-ortho nitro benzene ring substituents is 1. The third-order valence-corrected chi connectivity index (χ3v) is 5.63. The molecule has 0 amide bonds. The summed E-state index contributed by atoms with van der Waals surface area (Å²) in [6.45, 7) is 6.39. The van der Waals surface area contributed by atoms with Crippen molar-refractivity contribution in [2.75, 3.05) is 0 Å². The first-order valence-electron chi connectivity index (χ1n) is 11.7. The molecule has 1 aromatic carbocycles. The molecule has 1 aromatic heterocycles. The highest BCUT2D eigenvalue weighted by Crippen LogP contribution is 2.24. The highest BCUT2D eigenvalue weighted by Gasteiger charge is 2.17. The fourth-order valence-electron chi connectivity index (χ4n) is 3.62. The van der Waals surface area contributed by atoms with Gasteiger partial charge < -0.3 is 5.11 Å². The molecule has 0 aliphatic carbocycles. The zero-order valence-corrected chi connectivity index (χ0v) is 19.7. The number of aryl methyl sites for hydroxylation is 1. The predicted octanol–water partition coefficient (Wildman–Crippen LogP) is 4.84. The van der Waals surface area contributed by atoms with Crippen LogP contribution in [0, 0.1) is 17.0 Å². The van der Waals surface area contributed by atoms with Gasteiger partial charge in [0.25, 0.3) is 11.2 Å². The summed E-state index contributed by atoms with van der Waals surface area (Å²) < 4.78 is 2.41. The molecule has 1 N–H and O–H groups in total. The maximum atomic E-state index is 13.0. The Balaban J connectivity index is 2.39. The molecular weight excluding hydrogens is 424 g/mol. The quantitative estimate of drug-likeness (QED) is 0.199. The average Bonchev–Trinajstić information content (AvgIpc) is 2.78. The molecule has 33 heavy (non-hydrogen) atoms. The van der Waals surface area contributed by atoms with Gasteiger partial charge in [-0.1, -0.05) is 52.4 Å². The van der Waals surface area contributed by atoms with Crippen LogP contribution in [-0.2, 0) is 13.1 Å². The standard InChI is InChI=1S/C24H34N4O5/c1-4-6-8-9-10-11-15-27-23(30)20(22(29)26(24(27)31)14-7-5-2)17-25-21-13-12-19(28(32)33)16-18(21)3/h12-13,16-17,30H,4-11,14-15H2,1-3H3. The van der Waals surface area contributed by atoms with Gasteiger partial charge in [-0.15, -0.1) is 0 Å². The van der Waals surface area contributed by atoms with Gasteiger partial charge in [0.1, 0.15) is 5.56 Å². The van der Waals surface area contributed by atoms with E-state index in [0.29, 0.717) is 24.2 Å². The van der Waals surface area contributed by atoms with Gasteiger partial charge in [-0.05, 0) is 31.4 Å². The number of nitro benzene ring substituents is 1. The van der Waals surface area contributed by atoms with Crippen LogP contribution in [0.5, 0.6) is 5.88 Å². The van der Waals surface area contributed by atoms with E-state index in [9.17, 15) is 24.8 Å². The molecule has 2 aromatic rings. The van der Waals surface area contributed by atoms with E-state index in [-0.39, 0.29) is 17.8 Å². The summed E-state index contributed by atoms with van der Waals surface area (Å²) in [5.74, 6) is -0.394. The summed E-state index contributed by atoms with van der Waals surface area (Å²) in [4.78, 5) is 40.6. The summed E-state index contributed by atoms with van der Waals surface area (Å²) in [6, 6.07) is 4.22. The van der Waals surface area contributed by atoms with E-state index in [1.165, 1.54) is 35.4 Å². The Morgan fingerprint density at radius 2 is 1.64 bits per heavy atom. The Morgan fingerprint density at radius 1 is 1.00 bits per heavy atom. The average molecular weight is 459 g/mol. The molecule has 0 spiro atoms. The van der Waals surface area contributed by atoms with E-state index < -0.39 is 22.1 Å². The van der Waals surface area contributed by atoms with Crippen LogP contribution in [0.25, 0.3) is 0 Å². The Kier molecular flexibility index (Phi) is 10.0. The molecule has 0 radical (unpaired) electrons. The Labute approximate surface area is 193 Å². The summed E-state index contributed by atoms with van der Waals surface area (Å²) in [7, 11) is 0. The van der Waals surface area contributed by atoms with Crippen molar-refractivity contribution in [1.29, 1.82) is 0 Å². The van der Waals surface area contributed by atoms with Gasteiger partial charge >= 0.3 is 5.69 Å². The maximum absolute atomic E-state index is 13.0. The molecule has 2 rings (SSSR count). The third kappa shape index (κ3) is 6.87. The van der Waals surface area contributed by atoms with E-state index in [0.717, 1.165) is 43.1 Å². The zero-order valence-electron chi connectivity index (χ0n) is 19.7. The number of aliphatic imine (C=N–C) groups is 1. The van der Waals surface area contributed by atoms with E-state index in [1.54, 1.807) is 6.92 Å². The minimum absolute atomic E-state index is 0.0521. The summed E-state index contributed by atoms with van der Waals surface area (Å²) in [5, 5.41) is 21.7. The van der Waals surface area contributed by atoms with Crippen molar-refractivity contribution in [3.63, 3.8) is 0 Å². The first-order valence-corrected chi connectivity index (χ1v) is 11.7. The van der Waals surface area contributed by atoms with Crippen molar-refractivity contribution >= 4 is 17.6 Å². The number of nitro groups is 1. The SMILES string of the molecule is CCCCCCCCn1c(O)c(C=Nc2ccc([N+](=O)[O-])cc2C)c(=O)n(CCCC)c1=O. The fraction of sp³-hybridized carbons (Fsp3) is 0.542. The first kappa shape index (κ1) is 26.0. The van der Waals surface area contributed by atoms with Crippen molar-refractivity contribution in [2.24, 2.45) is 4.99 Å². The smallest absolute Gasteiger partial charge is 0.333 e. The first-order chi connectivity index (χ1) is 15.8.